The number of halogens is 2. The van der Waals surface area contributed by atoms with Crippen LogP contribution in [0.2, 0.25) is 10.0 Å². The van der Waals surface area contributed by atoms with Crippen LogP contribution in [-0.4, -0.2) is 23.7 Å². The lowest BCUT2D eigenvalue weighted by Gasteiger charge is -2.05. The van der Waals surface area contributed by atoms with E-state index in [1.54, 1.807) is 18.2 Å². The van der Waals surface area contributed by atoms with Gasteiger partial charge in [-0.05, 0) is 25.2 Å². The van der Waals surface area contributed by atoms with Crippen LogP contribution in [-0.2, 0) is 13.0 Å². The summed E-state index contributed by atoms with van der Waals surface area (Å²) in [6.45, 7) is 0.969. The Kier molecular flexibility index (Phi) is 5.01. The SMILES string of the molecule is CNCCc1noc(COc2ccc(Cl)cc2Cl)n1. The van der Waals surface area contributed by atoms with E-state index in [0.29, 0.717) is 33.9 Å². The second-order valence-electron chi connectivity index (χ2n) is 3.82. The monoisotopic (exact) mass is 301 g/mol. The fourth-order valence-electron chi connectivity index (χ4n) is 1.42. The van der Waals surface area contributed by atoms with Crippen LogP contribution in [0.25, 0.3) is 0 Å². The van der Waals surface area contributed by atoms with Gasteiger partial charge in [0.15, 0.2) is 12.4 Å². The molecule has 19 heavy (non-hydrogen) atoms. The highest BCUT2D eigenvalue weighted by atomic mass is 35.5. The summed E-state index contributed by atoms with van der Waals surface area (Å²) in [5.41, 5.74) is 0. The van der Waals surface area contributed by atoms with Crippen LogP contribution in [0.5, 0.6) is 5.75 Å². The Bertz CT molecular complexity index is 546. The largest absolute Gasteiger partial charge is 0.482 e. The molecule has 7 heteroatoms. The summed E-state index contributed by atoms with van der Waals surface area (Å²) in [5, 5.41) is 7.86. The quantitative estimate of drug-likeness (QED) is 0.889. The Morgan fingerprint density at radius 2 is 2.21 bits per heavy atom. The molecule has 0 amide bonds. The van der Waals surface area contributed by atoms with Gasteiger partial charge in [-0.1, -0.05) is 28.4 Å². The van der Waals surface area contributed by atoms with Crippen LogP contribution in [0.3, 0.4) is 0 Å². The van der Waals surface area contributed by atoms with Crippen molar-refractivity contribution in [2.75, 3.05) is 13.6 Å². The first-order valence-corrected chi connectivity index (χ1v) is 6.48. The lowest BCUT2D eigenvalue weighted by molar-refractivity contribution is 0.242. The molecule has 1 aromatic carbocycles. The Hall–Kier alpha value is -1.30. The highest BCUT2D eigenvalue weighted by Gasteiger charge is 2.08. The van der Waals surface area contributed by atoms with Gasteiger partial charge in [0, 0.05) is 18.0 Å². The minimum absolute atomic E-state index is 0.175. The number of hydrogen-bond donors (Lipinski definition) is 1. The molecule has 0 bridgehead atoms. The molecule has 0 radical (unpaired) electrons. The number of aromatic nitrogens is 2. The molecule has 0 saturated carbocycles. The molecular weight excluding hydrogens is 289 g/mol. The molecule has 1 heterocycles. The molecule has 2 aromatic rings. The maximum Gasteiger partial charge on any atom is 0.264 e. The smallest absolute Gasteiger partial charge is 0.264 e. The van der Waals surface area contributed by atoms with Crippen LogP contribution >= 0.6 is 23.2 Å². The number of ether oxygens (including phenoxy) is 1. The van der Waals surface area contributed by atoms with Crippen molar-refractivity contribution in [2.24, 2.45) is 0 Å². The van der Waals surface area contributed by atoms with Gasteiger partial charge in [0.05, 0.1) is 5.02 Å². The van der Waals surface area contributed by atoms with E-state index in [9.17, 15) is 0 Å². The van der Waals surface area contributed by atoms with Crippen LogP contribution in [0.15, 0.2) is 22.7 Å². The Labute approximate surface area is 120 Å². The summed E-state index contributed by atoms with van der Waals surface area (Å²) >= 11 is 11.8. The lowest BCUT2D eigenvalue weighted by Crippen LogP contribution is -2.11. The van der Waals surface area contributed by atoms with E-state index < -0.39 is 0 Å². The van der Waals surface area contributed by atoms with Crippen LogP contribution < -0.4 is 10.1 Å². The average Bonchev–Trinajstić information content (AvgIpc) is 2.83. The summed E-state index contributed by atoms with van der Waals surface area (Å²) < 4.78 is 10.6. The topological polar surface area (TPSA) is 60.2 Å². The van der Waals surface area contributed by atoms with E-state index in [1.807, 2.05) is 7.05 Å². The van der Waals surface area contributed by atoms with Gasteiger partial charge < -0.3 is 14.6 Å². The maximum atomic E-state index is 5.99. The number of nitrogens with one attached hydrogen (secondary N) is 1. The number of likely N-dealkylation sites (N-methyl/N-ethyl adjacent to an activating group) is 1. The molecule has 0 unspecified atom stereocenters. The van der Waals surface area contributed by atoms with Crippen molar-refractivity contribution < 1.29 is 9.26 Å². The van der Waals surface area contributed by atoms with Crippen molar-refractivity contribution in [3.63, 3.8) is 0 Å². The Balaban J connectivity index is 1.92. The third kappa shape index (κ3) is 4.09. The van der Waals surface area contributed by atoms with Crippen molar-refractivity contribution in [1.29, 1.82) is 0 Å². The van der Waals surface area contributed by atoms with Gasteiger partial charge in [-0.25, -0.2) is 0 Å². The minimum Gasteiger partial charge on any atom is -0.482 e. The van der Waals surface area contributed by atoms with E-state index >= 15 is 0 Å². The fourth-order valence-corrected chi connectivity index (χ4v) is 1.88. The van der Waals surface area contributed by atoms with Crippen molar-refractivity contribution in [2.45, 2.75) is 13.0 Å². The summed E-state index contributed by atoms with van der Waals surface area (Å²) in [6.07, 6.45) is 0.710. The summed E-state index contributed by atoms with van der Waals surface area (Å²) in [4.78, 5) is 4.20. The van der Waals surface area contributed by atoms with Gasteiger partial charge in [0.2, 0.25) is 0 Å². The lowest BCUT2D eigenvalue weighted by atomic mass is 10.3. The van der Waals surface area contributed by atoms with E-state index in [0.717, 1.165) is 6.54 Å². The molecule has 102 valence electrons. The molecule has 0 saturated heterocycles. The second kappa shape index (κ2) is 6.75. The van der Waals surface area contributed by atoms with Crippen LogP contribution in [0, 0.1) is 0 Å². The first-order chi connectivity index (χ1) is 9.19. The summed E-state index contributed by atoms with van der Waals surface area (Å²) in [6, 6.07) is 5.02. The second-order valence-corrected chi connectivity index (χ2v) is 4.66. The molecular formula is C12H13Cl2N3O2. The Morgan fingerprint density at radius 1 is 1.37 bits per heavy atom. The first kappa shape index (κ1) is 14.1. The maximum absolute atomic E-state index is 5.99. The average molecular weight is 302 g/mol. The molecule has 2 rings (SSSR count). The predicted octanol–water partition coefficient (Wildman–Crippen LogP) is 2.72. The van der Waals surface area contributed by atoms with Crippen molar-refractivity contribution in [1.82, 2.24) is 15.5 Å². The third-order valence-electron chi connectivity index (χ3n) is 2.35. The zero-order valence-corrected chi connectivity index (χ0v) is 11.8. The predicted molar refractivity (Wildman–Crippen MR) is 72.7 cm³/mol. The number of nitrogens with zero attached hydrogens (tertiary/aromatic N) is 2. The number of hydrogen-bond acceptors (Lipinski definition) is 5. The normalized spacial score (nSPS) is 10.7. The first-order valence-electron chi connectivity index (χ1n) is 5.73. The van der Waals surface area contributed by atoms with Gasteiger partial charge in [-0.3, -0.25) is 0 Å². The molecule has 5 nitrogen and oxygen atoms in total. The van der Waals surface area contributed by atoms with Crippen LogP contribution in [0.4, 0.5) is 0 Å². The van der Waals surface area contributed by atoms with E-state index in [4.69, 9.17) is 32.5 Å². The number of rotatable bonds is 6. The number of benzene rings is 1. The molecule has 0 spiro atoms. The Morgan fingerprint density at radius 3 is 2.95 bits per heavy atom. The third-order valence-corrected chi connectivity index (χ3v) is 2.88. The van der Waals surface area contributed by atoms with Crippen molar-refractivity contribution in [3.8, 4) is 5.75 Å². The van der Waals surface area contributed by atoms with E-state index in [-0.39, 0.29) is 6.61 Å². The molecule has 1 N–H and O–H groups in total. The zero-order valence-electron chi connectivity index (χ0n) is 10.3. The highest BCUT2D eigenvalue weighted by Crippen LogP contribution is 2.27. The molecule has 0 aliphatic rings. The van der Waals surface area contributed by atoms with E-state index in [2.05, 4.69) is 15.5 Å². The molecule has 0 fully saturated rings. The van der Waals surface area contributed by atoms with Gasteiger partial charge in [-0.15, -0.1) is 0 Å². The van der Waals surface area contributed by atoms with Crippen LogP contribution in [0.1, 0.15) is 11.7 Å². The van der Waals surface area contributed by atoms with E-state index in [1.165, 1.54) is 0 Å². The van der Waals surface area contributed by atoms with Crippen molar-refractivity contribution in [3.05, 3.63) is 40.0 Å². The van der Waals surface area contributed by atoms with Crippen molar-refractivity contribution >= 4 is 23.2 Å². The molecule has 0 aliphatic heterocycles. The van der Waals surface area contributed by atoms with Gasteiger partial charge in [-0.2, -0.15) is 4.98 Å². The van der Waals surface area contributed by atoms with Gasteiger partial charge in [0.1, 0.15) is 5.75 Å². The molecule has 0 aliphatic carbocycles. The fraction of sp³-hybridized carbons (Fsp3) is 0.333. The minimum atomic E-state index is 0.175. The molecule has 1 aromatic heterocycles. The molecule has 0 atom stereocenters. The highest BCUT2D eigenvalue weighted by molar-refractivity contribution is 6.35. The van der Waals surface area contributed by atoms with Gasteiger partial charge in [0.25, 0.3) is 5.89 Å². The summed E-state index contributed by atoms with van der Waals surface area (Å²) in [7, 11) is 1.87. The standard InChI is InChI=1S/C12H13Cl2N3O2/c1-15-5-4-11-16-12(19-17-11)7-18-10-3-2-8(13)6-9(10)14/h2-3,6,15H,4-5,7H2,1H3. The van der Waals surface area contributed by atoms with Gasteiger partial charge >= 0.3 is 0 Å². The summed E-state index contributed by atoms with van der Waals surface area (Å²) in [5.74, 6) is 1.59. The zero-order chi connectivity index (χ0) is 13.7.